The molecular formula is C19H22N2O3. The van der Waals surface area contributed by atoms with Crippen molar-refractivity contribution in [3.05, 3.63) is 65.5 Å². The molecule has 2 aromatic rings. The minimum Gasteiger partial charge on any atom is -0.478 e. The minimum absolute atomic E-state index is 0.214. The molecule has 1 aromatic heterocycles. The van der Waals surface area contributed by atoms with E-state index in [1.54, 1.807) is 18.3 Å². The highest BCUT2D eigenvalue weighted by Crippen LogP contribution is 2.18. The van der Waals surface area contributed by atoms with Crippen LogP contribution in [0.3, 0.4) is 0 Å². The predicted octanol–water partition coefficient (Wildman–Crippen LogP) is 2.96. The van der Waals surface area contributed by atoms with Gasteiger partial charge in [0.05, 0.1) is 17.4 Å². The van der Waals surface area contributed by atoms with Gasteiger partial charge in [0.2, 0.25) is 0 Å². The maximum atomic E-state index is 11.5. The normalized spacial score (nSPS) is 17.3. The summed E-state index contributed by atoms with van der Waals surface area (Å²) in [5, 5.41) is 9.40. The number of nitrogens with zero attached hydrogens (tertiary/aromatic N) is 2. The van der Waals surface area contributed by atoms with Gasteiger partial charge in [-0.15, -0.1) is 0 Å². The monoisotopic (exact) mass is 326 g/mol. The van der Waals surface area contributed by atoms with Gasteiger partial charge in [0.1, 0.15) is 0 Å². The third kappa shape index (κ3) is 4.40. The van der Waals surface area contributed by atoms with Gasteiger partial charge in [-0.05, 0) is 36.6 Å². The Morgan fingerprint density at radius 3 is 2.75 bits per heavy atom. The summed E-state index contributed by atoms with van der Waals surface area (Å²) in [6.45, 7) is 2.84. The number of carboxylic acid groups (broad SMARTS) is 1. The summed E-state index contributed by atoms with van der Waals surface area (Å²) in [6.07, 6.45) is 4.14. The van der Waals surface area contributed by atoms with E-state index >= 15 is 0 Å². The van der Waals surface area contributed by atoms with Gasteiger partial charge >= 0.3 is 5.97 Å². The second-order valence-corrected chi connectivity index (χ2v) is 6.09. The van der Waals surface area contributed by atoms with Crippen molar-refractivity contribution in [1.29, 1.82) is 0 Å². The van der Waals surface area contributed by atoms with Gasteiger partial charge < -0.3 is 9.84 Å². The molecule has 0 aliphatic carbocycles. The van der Waals surface area contributed by atoms with Crippen molar-refractivity contribution in [2.24, 2.45) is 0 Å². The summed E-state index contributed by atoms with van der Waals surface area (Å²) in [5.74, 6) is -0.888. The number of pyridine rings is 1. The molecule has 5 nitrogen and oxygen atoms in total. The molecule has 24 heavy (non-hydrogen) atoms. The van der Waals surface area contributed by atoms with E-state index < -0.39 is 5.97 Å². The highest BCUT2D eigenvalue weighted by molar-refractivity contribution is 5.89. The molecule has 0 saturated carbocycles. The van der Waals surface area contributed by atoms with Crippen LogP contribution in [-0.4, -0.2) is 40.2 Å². The van der Waals surface area contributed by atoms with Crippen LogP contribution in [0.5, 0.6) is 0 Å². The number of carbonyl (C=O) groups is 1. The lowest BCUT2D eigenvalue weighted by Crippen LogP contribution is -2.32. The van der Waals surface area contributed by atoms with Crippen LogP contribution in [-0.2, 0) is 17.8 Å². The van der Waals surface area contributed by atoms with Gasteiger partial charge in [-0.1, -0.05) is 24.3 Å². The number of carboxylic acids is 1. The van der Waals surface area contributed by atoms with Crippen molar-refractivity contribution in [1.82, 2.24) is 9.88 Å². The number of rotatable bonds is 7. The molecule has 0 bridgehead atoms. The third-order valence-electron chi connectivity index (χ3n) is 4.24. The Labute approximate surface area is 141 Å². The highest BCUT2D eigenvalue weighted by Gasteiger charge is 2.21. The number of hydrogen-bond donors (Lipinski definition) is 1. The van der Waals surface area contributed by atoms with Gasteiger partial charge in [-0.3, -0.25) is 9.88 Å². The van der Waals surface area contributed by atoms with E-state index in [0.29, 0.717) is 18.7 Å². The SMILES string of the molecule is O=C(O)c1ccccc1CN(Cc1ccccn1)C[C@H]1CCCO1. The number of hydrogen-bond acceptors (Lipinski definition) is 4. The molecule has 3 rings (SSSR count). The Morgan fingerprint density at radius 2 is 2.04 bits per heavy atom. The standard InChI is InChI=1S/C19H22N2O3/c22-19(23)18-9-2-1-6-15(18)12-21(14-17-8-5-11-24-17)13-16-7-3-4-10-20-16/h1-4,6-7,9-10,17H,5,8,11-14H2,(H,22,23)/t17-/m1/s1. The molecule has 0 unspecified atom stereocenters. The average Bonchev–Trinajstić information content (AvgIpc) is 3.09. The fourth-order valence-electron chi connectivity index (χ4n) is 3.09. The second-order valence-electron chi connectivity index (χ2n) is 6.09. The third-order valence-corrected chi connectivity index (χ3v) is 4.24. The van der Waals surface area contributed by atoms with Crippen molar-refractivity contribution in [2.45, 2.75) is 32.0 Å². The lowest BCUT2D eigenvalue weighted by atomic mass is 10.1. The predicted molar refractivity (Wildman–Crippen MR) is 90.7 cm³/mol. The van der Waals surface area contributed by atoms with Crippen molar-refractivity contribution < 1.29 is 14.6 Å². The maximum Gasteiger partial charge on any atom is 0.336 e. The molecule has 1 atom stereocenters. The van der Waals surface area contributed by atoms with Gasteiger partial charge in [-0.25, -0.2) is 4.79 Å². The molecule has 0 spiro atoms. The number of aromatic carboxylic acids is 1. The molecular weight excluding hydrogens is 304 g/mol. The van der Waals surface area contributed by atoms with Gasteiger partial charge in [0, 0.05) is 32.4 Å². The Morgan fingerprint density at radius 1 is 1.21 bits per heavy atom. The minimum atomic E-state index is -0.888. The van der Waals surface area contributed by atoms with E-state index in [2.05, 4.69) is 9.88 Å². The Bertz CT molecular complexity index is 669. The molecule has 1 fully saturated rings. The summed E-state index contributed by atoms with van der Waals surface area (Å²) < 4.78 is 5.76. The molecule has 126 valence electrons. The zero-order valence-corrected chi connectivity index (χ0v) is 13.6. The summed E-state index contributed by atoms with van der Waals surface area (Å²) in [4.78, 5) is 18.1. The zero-order chi connectivity index (χ0) is 16.8. The number of ether oxygens (including phenoxy) is 1. The fourth-order valence-corrected chi connectivity index (χ4v) is 3.09. The molecule has 1 aromatic carbocycles. The first kappa shape index (κ1) is 16.6. The highest BCUT2D eigenvalue weighted by atomic mass is 16.5. The van der Waals surface area contributed by atoms with Crippen LogP contribution in [0.2, 0.25) is 0 Å². The van der Waals surface area contributed by atoms with Crippen LogP contribution in [0.15, 0.2) is 48.7 Å². The summed E-state index contributed by atoms with van der Waals surface area (Å²) in [7, 11) is 0. The Balaban J connectivity index is 1.77. The molecule has 0 radical (unpaired) electrons. The molecule has 2 heterocycles. The smallest absolute Gasteiger partial charge is 0.336 e. The van der Waals surface area contributed by atoms with E-state index in [1.165, 1.54) is 0 Å². The molecule has 5 heteroatoms. The van der Waals surface area contributed by atoms with Crippen LogP contribution in [0.25, 0.3) is 0 Å². The van der Waals surface area contributed by atoms with E-state index in [4.69, 9.17) is 4.74 Å². The van der Waals surface area contributed by atoms with Crippen molar-refractivity contribution in [3.63, 3.8) is 0 Å². The van der Waals surface area contributed by atoms with Crippen LogP contribution < -0.4 is 0 Å². The summed E-state index contributed by atoms with van der Waals surface area (Å²) in [6, 6.07) is 13.0. The topological polar surface area (TPSA) is 62.7 Å². The fraction of sp³-hybridized carbons (Fsp3) is 0.368. The first-order valence-corrected chi connectivity index (χ1v) is 8.27. The summed E-state index contributed by atoms with van der Waals surface area (Å²) >= 11 is 0. The lowest BCUT2D eigenvalue weighted by molar-refractivity contribution is 0.0658. The van der Waals surface area contributed by atoms with Crippen LogP contribution in [0.4, 0.5) is 0 Å². The van der Waals surface area contributed by atoms with E-state index in [9.17, 15) is 9.90 Å². The Hall–Kier alpha value is -2.24. The molecule has 0 amide bonds. The average molecular weight is 326 g/mol. The van der Waals surface area contributed by atoms with Crippen molar-refractivity contribution in [2.75, 3.05) is 13.2 Å². The lowest BCUT2D eigenvalue weighted by Gasteiger charge is -2.25. The van der Waals surface area contributed by atoms with E-state index in [0.717, 1.165) is 37.3 Å². The number of aromatic nitrogens is 1. The first-order chi connectivity index (χ1) is 11.7. The maximum absolute atomic E-state index is 11.5. The first-order valence-electron chi connectivity index (χ1n) is 8.27. The van der Waals surface area contributed by atoms with Gasteiger partial charge in [0.15, 0.2) is 0 Å². The second kappa shape index (κ2) is 8.04. The quantitative estimate of drug-likeness (QED) is 0.847. The van der Waals surface area contributed by atoms with Crippen LogP contribution in [0.1, 0.15) is 34.5 Å². The van der Waals surface area contributed by atoms with Crippen LogP contribution in [0, 0.1) is 0 Å². The summed E-state index contributed by atoms with van der Waals surface area (Å²) in [5.41, 5.74) is 2.15. The Kier molecular flexibility index (Phi) is 5.56. The molecule has 1 aliphatic heterocycles. The largest absolute Gasteiger partial charge is 0.478 e. The molecule has 1 aliphatic rings. The van der Waals surface area contributed by atoms with Crippen molar-refractivity contribution in [3.8, 4) is 0 Å². The van der Waals surface area contributed by atoms with E-state index in [-0.39, 0.29) is 6.10 Å². The molecule has 1 N–H and O–H groups in total. The number of benzene rings is 1. The van der Waals surface area contributed by atoms with Crippen molar-refractivity contribution >= 4 is 5.97 Å². The molecule has 1 saturated heterocycles. The van der Waals surface area contributed by atoms with Gasteiger partial charge in [0.25, 0.3) is 0 Å². The van der Waals surface area contributed by atoms with Gasteiger partial charge in [-0.2, -0.15) is 0 Å². The van der Waals surface area contributed by atoms with E-state index in [1.807, 2.05) is 30.3 Å². The zero-order valence-electron chi connectivity index (χ0n) is 13.6. The van der Waals surface area contributed by atoms with Crippen LogP contribution >= 0.6 is 0 Å².